The van der Waals surface area contributed by atoms with E-state index >= 15 is 0 Å². The van der Waals surface area contributed by atoms with Crippen molar-refractivity contribution in [3.8, 4) is 0 Å². The van der Waals surface area contributed by atoms with Gasteiger partial charge in [-0.3, -0.25) is 10.1 Å². The van der Waals surface area contributed by atoms with Crippen molar-refractivity contribution in [1.29, 1.82) is 0 Å². The first-order valence-corrected chi connectivity index (χ1v) is 4.36. The number of epoxide rings is 1. The van der Waals surface area contributed by atoms with Gasteiger partial charge in [-0.1, -0.05) is 0 Å². The van der Waals surface area contributed by atoms with Crippen LogP contribution in [0.1, 0.15) is 17.2 Å². The van der Waals surface area contributed by atoms with E-state index in [0.717, 1.165) is 12.1 Å². The standard InChI is InChI=1S/C9H6F3NO3/c10-9(11,12)6-1-5(8-4-16-8)2-7(3-6)13(14)15/h1-3,8H,4H2. The van der Waals surface area contributed by atoms with Crippen LogP contribution in [0.4, 0.5) is 18.9 Å². The molecule has 0 aromatic heterocycles. The first-order chi connectivity index (χ1) is 7.38. The van der Waals surface area contributed by atoms with Crippen LogP contribution in [0.15, 0.2) is 18.2 Å². The minimum absolute atomic E-state index is 0.196. The third kappa shape index (κ3) is 2.13. The van der Waals surface area contributed by atoms with E-state index in [-0.39, 0.29) is 5.56 Å². The Morgan fingerprint density at radius 2 is 2.00 bits per heavy atom. The maximum atomic E-state index is 12.4. The molecule has 1 unspecified atom stereocenters. The van der Waals surface area contributed by atoms with Crippen molar-refractivity contribution in [2.24, 2.45) is 0 Å². The Hall–Kier alpha value is -1.63. The molecule has 1 saturated heterocycles. The van der Waals surface area contributed by atoms with Crippen LogP contribution in [-0.2, 0) is 10.9 Å². The molecular weight excluding hydrogens is 227 g/mol. The highest BCUT2D eigenvalue weighted by Crippen LogP contribution is 2.37. The number of ether oxygens (including phenoxy) is 1. The molecule has 4 nitrogen and oxygen atoms in total. The highest BCUT2D eigenvalue weighted by Gasteiger charge is 2.35. The summed E-state index contributed by atoms with van der Waals surface area (Å²) >= 11 is 0. The summed E-state index contributed by atoms with van der Waals surface area (Å²) < 4.78 is 42.1. The molecule has 1 heterocycles. The fourth-order valence-electron chi connectivity index (χ4n) is 1.33. The molecule has 1 aliphatic rings. The lowest BCUT2D eigenvalue weighted by Crippen LogP contribution is -2.06. The third-order valence-corrected chi connectivity index (χ3v) is 2.18. The van der Waals surface area contributed by atoms with E-state index in [9.17, 15) is 23.3 Å². The minimum Gasteiger partial charge on any atom is -0.368 e. The van der Waals surface area contributed by atoms with Crippen molar-refractivity contribution in [2.45, 2.75) is 12.3 Å². The molecule has 1 aromatic carbocycles. The molecule has 2 rings (SSSR count). The monoisotopic (exact) mass is 233 g/mol. The summed E-state index contributed by atoms with van der Waals surface area (Å²) in [6.45, 7) is 0.304. The summed E-state index contributed by atoms with van der Waals surface area (Å²) in [7, 11) is 0. The van der Waals surface area contributed by atoms with Gasteiger partial charge in [0.15, 0.2) is 0 Å². The predicted molar refractivity (Wildman–Crippen MR) is 46.8 cm³/mol. The first-order valence-electron chi connectivity index (χ1n) is 4.36. The number of hydrogen-bond acceptors (Lipinski definition) is 3. The van der Waals surface area contributed by atoms with Crippen LogP contribution in [0.2, 0.25) is 0 Å². The number of rotatable bonds is 2. The number of nitro groups is 1. The predicted octanol–water partition coefficient (Wildman–Crippen LogP) is 2.68. The summed E-state index contributed by atoms with van der Waals surface area (Å²) in [4.78, 5) is 9.63. The molecule has 0 spiro atoms. The maximum Gasteiger partial charge on any atom is 0.416 e. The summed E-state index contributed by atoms with van der Waals surface area (Å²) in [6, 6.07) is 2.50. The van der Waals surface area contributed by atoms with Crippen LogP contribution in [0.3, 0.4) is 0 Å². The van der Waals surface area contributed by atoms with Gasteiger partial charge in [0, 0.05) is 12.1 Å². The fraction of sp³-hybridized carbons (Fsp3) is 0.333. The summed E-state index contributed by atoms with van der Waals surface area (Å²) in [5.74, 6) is 0. The van der Waals surface area contributed by atoms with Crippen molar-refractivity contribution < 1.29 is 22.8 Å². The number of nitro benzene ring substituents is 1. The molecule has 0 bridgehead atoms. The Balaban J connectivity index is 2.48. The molecular formula is C9H6F3NO3. The molecule has 0 amide bonds. The average molecular weight is 233 g/mol. The topological polar surface area (TPSA) is 55.7 Å². The van der Waals surface area contributed by atoms with Crippen LogP contribution < -0.4 is 0 Å². The van der Waals surface area contributed by atoms with Crippen LogP contribution >= 0.6 is 0 Å². The third-order valence-electron chi connectivity index (χ3n) is 2.18. The van der Waals surface area contributed by atoms with Gasteiger partial charge in [-0.15, -0.1) is 0 Å². The highest BCUT2D eigenvalue weighted by atomic mass is 19.4. The Morgan fingerprint density at radius 3 is 2.44 bits per heavy atom. The largest absolute Gasteiger partial charge is 0.416 e. The lowest BCUT2D eigenvalue weighted by Gasteiger charge is -2.07. The van der Waals surface area contributed by atoms with Crippen molar-refractivity contribution in [1.82, 2.24) is 0 Å². The number of nitrogens with zero attached hydrogens (tertiary/aromatic N) is 1. The fourth-order valence-corrected chi connectivity index (χ4v) is 1.33. The second-order valence-electron chi connectivity index (χ2n) is 3.39. The quantitative estimate of drug-likeness (QED) is 0.448. The maximum absolute atomic E-state index is 12.4. The molecule has 0 radical (unpaired) electrons. The van der Waals surface area contributed by atoms with Crippen molar-refractivity contribution >= 4 is 5.69 Å². The van der Waals surface area contributed by atoms with Gasteiger partial charge in [-0.05, 0) is 11.6 Å². The molecule has 0 N–H and O–H groups in total. The lowest BCUT2D eigenvalue weighted by atomic mass is 10.1. The van der Waals surface area contributed by atoms with E-state index in [1.54, 1.807) is 0 Å². The number of hydrogen-bond donors (Lipinski definition) is 0. The Bertz CT molecular complexity index is 440. The summed E-state index contributed by atoms with van der Waals surface area (Å²) in [5.41, 5.74) is -1.39. The highest BCUT2D eigenvalue weighted by molar-refractivity contribution is 5.42. The van der Waals surface area contributed by atoms with E-state index < -0.39 is 28.5 Å². The second-order valence-corrected chi connectivity index (χ2v) is 3.39. The molecule has 1 aromatic rings. The smallest absolute Gasteiger partial charge is 0.368 e. The number of alkyl halides is 3. The van der Waals surface area contributed by atoms with Gasteiger partial charge in [0.2, 0.25) is 0 Å². The SMILES string of the molecule is O=[N+]([O-])c1cc(C2CO2)cc(C(F)(F)F)c1. The molecule has 0 aliphatic carbocycles. The minimum atomic E-state index is -4.59. The second kappa shape index (κ2) is 3.44. The van der Waals surface area contributed by atoms with Crippen molar-refractivity contribution in [3.05, 3.63) is 39.4 Å². The van der Waals surface area contributed by atoms with Gasteiger partial charge in [-0.25, -0.2) is 0 Å². The molecule has 1 fully saturated rings. The van der Waals surface area contributed by atoms with Gasteiger partial charge in [0.25, 0.3) is 5.69 Å². The Morgan fingerprint density at radius 1 is 1.38 bits per heavy atom. The number of non-ortho nitro benzene ring substituents is 1. The van der Waals surface area contributed by atoms with Crippen LogP contribution in [0.5, 0.6) is 0 Å². The first kappa shape index (κ1) is 10.9. The zero-order valence-corrected chi connectivity index (χ0v) is 7.82. The van der Waals surface area contributed by atoms with Gasteiger partial charge in [-0.2, -0.15) is 13.2 Å². The van der Waals surface area contributed by atoms with E-state index in [4.69, 9.17) is 4.74 Å². The molecule has 0 saturated carbocycles. The Labute approximate surface area is 87.8 Å². The van der Waals surface area contributed by atoms with Gasteiger partial charge >= 0.3 is 6.18 Å². The van der Waals surface area contributed by atoms with Crippen LogP contribution in [0.25, 0.3) is 0 Å². The molecule has 1 atom stereocenters. The average Bonchev–Trinajstić information content (AvgIpc) is 2.98. The normalized spacial score (nSPS) is 19.6. The summed E-state index contributed by atoms with van der Waals surface area (Å²) in [5, 5.41) is 10.5. The zero-order valence-electron chi connectivity index (χ0n) is 7.82. The molecule has 1 aliphatic heterocycles. The zero-order chi connectivity index (χ0) is 11.9. The number of halogens is 3. The van der Waals surface area contributed by atoms with E-state index in [0.29, 0.717) is 12.7 Å². The van der Waals surface area contributed by atoms with Gasteiger partial charge in [0.05, 0.1) is 17.1 Å². The van der Waals surface area contributed by atoms with Crippen LogP contribution in [-0.4, -0.2) is 11.5 Å². The lowest BCUT2D eigenvalue weighted by molar-refractivity contribution is -0.385. The summed E-state index contributed by atoms with van der Waals surface area (Å²) in [6.07, 6.45) is -5.03. The van der Waals surface area contributed by atoms with Gasteiger partial charge in [0.1, 0.15) is 6.10 Å². The van der Waals surface area contributed by atoms with E-state index in [2.05, 4.69) is 0 Å². The molecule has 86 valence electrons. The number of benzene rings is 1. The Kier molecular flexibility index (Phi) is 2.34. The van der Waals surface area contributed by atoms with Gasteiger partial charge < -0.3 is 4.74 Å². The van der Waals surface area contributed by atoms with Crippen LogP contribution in [0, 0.1) is 10.1 Å². The van der Waals surface area contributed by atoms with E-state index in [1.807, 2.05) is 0 Å². The van der Waals surface area contributed by atoms with Crippen molar-refractivity contribution in [3.63, 3.8) is 0 Å². The van der Waals surface area contributed by atoms with E-state index in [1.165, 1.54) is 0 Å². The van der Waals surface area contributed by atoms with Crippen molar-refractivity contribution in [2.75, 3.05) is 6.61 Å². The molecule has 7 heteroatoms. The molecule has 16 heavy (non-hydrogen) atoms.